The summed E-state index contributed by atoms with van der Waals surface area (Å²) in [7, 11) is 0. The second-order valence-electron chi connectivity index (χ2n) is 12.6. The van der Waals surface area contributed by atoms with Crippen LogP contribution in [0.4, 0.5) is 4.39 Å². The first-order valence-electron chi connectivity index (χ1n) is 15.2. The summed E-state index contributed by atoms with van der Waals surface area (Å²) in [4.78, 5) is 15.5. The Labute approximate surface area is 283 Å². The first-order chi connectivity index (χ1) is 21.5. The van der Waals surface area contributed by atoms with Crippen LogP contribution in [0.3, 0.4) is 0 Å². The number of thioether (sulfide) groups is 1. The van der Waals surface area contributed by atoms with Gasteiger partial charge in [-0.2, -0.15) is 10.5 Å². The molecule has 0 aromatic heterocycles. The monoisotopic (exact) mass is 731 g/mol. The van der Waals surface area contributed by atoms with Gasteiger partial charge in [0, 0.05) is 33.5 Å². The molecule has 7 heteroatoms. The summed E-state index contributed by atoms with van der Waals surface area (Å²) in [6.07, 6.45) is 9.33. The van der Waals surface area contributed by atoms with Crippen molar-refractivity contribution in [3.63, 3.8) is 0 Å². The molecule has 0 saturated carbocycles. The van der Waals surface area contributed by atoms with Crippen LogP contribution in [-0.2, 0) is 15.6 Å². The molecule has 0 bridgehead atoms. The molecule has 3 aromatic rings. The van der Waals surface area contributed by atoms with Gasteiger partial charge in [0.05, 0.1) is 11.6 Å². The number of rotatable bonds is 8. The number of allylic oxidation sites excluding steroid dienone is 4. The largest absolute Gasteiger partial charge is 0.367 e. The summed E-state index contributed by atoms with van der Waals surface area (Å²) < 4.78 is 20.8. The van der Waals surface area contributed by atoms with Crippen LogP contribution in [0.2, 0.25) is 0 Å². The van der Waals surface area contributed by atoms with Crippen LogP contribution < -0.4 is 22.6 Å². The molecule has 3 atom stereocenters. The minimum absolute atomic E-state index is 0.0260. The predicted octanol–water partition coefficient (Wildman–Crippen LogP) is 5.44. The number of hydrogen-bond acceptors (Lipinski definition) is 5. The van der Waals surface area contributed by atoms with Gasteiger partial charge in [-0.05, 0) is 84.0 Å². The Morgan fingerprint density at radius 3 is 2.42 bits per heavy atom. The normalized spacial score (nSPS) is 20.2. The van der Waals surface area contributed by atoms with Crippen molar-refractivity contribution in [2.45, 2.75) is 72.0 Å². The Bertz CT molecular complexity index is 1740. The molecule has 0 N–H and O–H groups in total. The summed E-state index contributed by atoms with van der Waals surface area (Å²) in [5.41, 5.74) is 2.83. The van der Waals surface area contributed by atoms with Crippen molar-refractivity contribution in [1.82, 2.24) is 0 Å². The minimum atomic E-state index is -0.869. The second kappa shape index (κ2) is 13.6. The molecule has 230 valence electrons. The molecule has 4 nitrogen and oxygen atoms in total. The van der Waals surface area contributed by atoms with E-state index in [2.05, 4.69) is 19.9 Å². The molecule has 3 aromatic carbocycles. The molecular formula is C38H37FIN2O2S+. The van der Waals surface area contributed by atoms with Gasteiger partial charge in [-0.1, -0.05) is 75.9 Å². The lowest BCUT2D eigenvalue weighted by molar-refractivity contribution is -0.410. The molecule has 3 unspecified atom stereocenters. The first kappa shape index (κ1) is 33.1. The molecule has 1 aliphatic heterocycles. The lowest BCUT2D eigenvalue weighted by atomic mass is 9.68. The second-order valence-corrected chi connectivity index (χ2v) is 15.4. The maximum Gasteiger partial charge on any atom is 0.261 e. The maximum absolute atomic E-state index is 14.8. The van der Waals surface area contributed by atoms with E-state index < -0.39 is 16.6 Å². The molecule has 1 aliphatic carbocycles. The van der Waals surface area contributed by atoms with Crippen molar-refractivity contribution < 1.29 is 36.5 Å². The molecule has 1 heterocycles. The fourth-order valence-corrected chi connectivity index (χ4v) is 8.23. The van der Waals surface area contributed by atoms with Crippen molar-refractivity contribution in [3.8, 4) is 12.1 Å². The zero-order valence-corrected chi connectivity index (χ0v) is 29.1. The number of nitrogens with zero attached hydrogens (tertiary/aromatic N) is 2. The Kier molecular flexibility index (Phi) is 10.0. The third kappa shape index (κ3) is 6.68. The molecule has 45 heavy (non-hydrogen) atoms. The van der Waals surface area contributed by atoms with E-state index in [1.165, 1.54) is 6.07 Å². The predicted molar refractivity (Wildman–Crippen MR) is 174 cm³/mol. The molecule has 1 saturated heterocycles. The Morgan fingerprint density at radius 2 is 1.76 bits per heavy atom. The number of halogens is 2. The molecule has 5 rings (SSSR count). The van der Waals surface area contributed by atoms with Crippen LogP contribution in [-0.4, -0.2) is 21.8 Å². The van der Waals surface area contributed by atoms with Gasteiger partial charge < -0.3 is 4.74 Å². The van der Waals surface area contributed by atoms with Gasteiger partial charge in [0.15, 0.2) is 9.71 Å². The van der Waals surface area contributed by atoms with Crippen molar-refractivity contribution in [3.05, 3.63) is 124 Å². The van der Waals surface area contributed by atoms with Crippen LogP contribution in [0, 0.1) is 34.4 Å². The third-order valence-corrected chi connectivity index (χ3v) is 11.5. The minimum Gasteiger partial charge on any atom is -0.367 e. The summed E-state index contributed by atoms with van der Waals surface area (Å²) in [5.74, 6) is -1.02. The number of alkyl halides is 1. The zero-order valence-electron chi connectivity index (χ0n) is 26.0. The number of carbonyl (C=O) groups excluding carboxylic acids is 1. The SMILES string of the molecule is CC(C)(C1=CC=CC([IH+])C1C#N)c1ccc(C(C)(C)c2cccc(F)c2C#N)c(C(=O)c2ccc(SC3CCCCO3)cc2)c1. The van der Waals surface area contributed by atoms with Crippen LogP contribution >= 0.6 is 11.8 Å². The van der Waals surface area contributed by atoms with E-state index in [-0.39, 0.29) is 26.6 Å². The molecule has 0 spiro atoms. The molecular weight excluding hydrogens is 694 g/mol. The summed E-state index contributed by atoms with van der Waals surface area (Å²) in [5, 5.41) is 19.9. The van der Waals surface area contributed by atoms with Crippen LogP contribution in [0.1, 0.15) is 85.1 Å². The van der Waals surface area contributed by atoms with E-state index in [1.807, 2.05) is 103 Å². The Morgan fingerprint density at radius 1 is 1.00 bits per heavy atom. The zero-order chi connectivity index (χ0) is 32.4. The highest BCUT2D eigenvalue weighted by Gasteiger charge is 2.39. The van der Waals surface area contributed by atoms with Gasteiger partial charge in [0.1, 0.15) is 23.2 Å². The first-order valence-corrected chi connectivity index (χ1v) is 17.4. The van der Waals surface area contributed by atoms with Gasteiger partial charge in [0.25, 0.3) is 22.6 Å². The molecule has 2 aliphatic rings. The van der Waals surface area contributed by atoms with E-state index in [4.69, 9.17) is 4.74 Å². The van der Waals surface area contributed by atoms with Crippen LogP contribution in [0.15, 0.2) is 89.4 Å². The smallest absolute Gasteiger partial charge is 0.261 e. The Balaban J connectivity index is 1.61. The van der Waals surface area contributed by atoms with E-state index in [1.54, 1.807) is 23.9 Å². The van der Waals surface area contributed by atoms with Gasteiger partial charge >= 0.3 is 0 Å². The molecule has 0 radical (unpaired) electrons. The number of carbonyl (C=O) groups is 1. The van der Waals surface area contributed by atoms with Crippen molar-refractivity contribution in [2.24, 2.45) is 5.92 Å². The average Bonchev–Trinajstić information content (AvgIpc) is 3.04. The van der Waals surface area contributed by atoms with Crippen molar-refractivity contribution in [1.29, 1.82) is 10.5 Å². The van der Waals surface area contributed by atoms with Crippen LogP contribution in [0.25, 0.3) is 0 Å². The third-order valence-electron chi connectivity index (χ3n) is 9.08. The number of ether oxygens (including phenoxy) is 1. The summed E-state index contributed by atoms with van der Waals surface area (Å²) in [6.45, 7) is 8.80. The highest BCUT2D eigenvalue weighted by Crippen LogP contribution is 2.42. The van der Waals surface area contributed by atoms with E-state index >= 15 is 0 Å². The fourth-order valence-electron chi connectivity index (χ4n) is 6.33. The molecule has 0 amide bonds. The van der Waals surface area contributed by atoms with Crippen molar-refractivity contribution in [2.75, 3.05) is 6.61 Å². The highest BCUT2D eigenvalue weighted by atomic mass is 127. The summed E-state index contributed by atoms with van der Waals surface area (Å²) >= 11 is 3.64. The summed E-state index contributed by atoms with van der Waals surface area (Å²) in [6, 6.07) is 22.7. The van der Waals surface area contributed by atoms with E-state index in [9.17, 15) is 19.7 Å². The molecule has 1 fully saturated rings. The van der Waals surface area contributed by atoms with E-state index in [0.717, 1.165) is 41.9 Å². The lowest BCUT2D eigenvalue weighted by Gasteiger charge is -2.35. The number of ketones is 1. The fraction of sp³-hybridized carbons (Fsp3) is 0.342. The van der Waals surface area contributed by atoms with Gasteiger partial charge in [0.2, 0.25) is 0 Å². The maximum atomic E-state index is 14.8. The van der Waals surface area contributed by atoms with Crippen molar-refractivity contribution >= 4 is 17.5 Å². The van der Waals surface area contributed by atoms with Gasteiger partial charge in [-0.25, -0.2) is 4.39 Å². The van der Waals surface area contributed by atoms with Gasteiger partial charge in [-0.15, -0.1) is 0 Å². The average molecular weight is 732 g/mol. The van der Waals surface area contributed by atoms with Crippen LogP contribution in [0.5, 0.6) is 0 Å². The van der Waals surface area contributed by atoms with Gasteiger partial charge in [-0.3, -0.25) is 4.79 Å². The lowest BCUT2D eigenvalue weighted by Crippen LogP contribution is -3.39. The van der Waals surface area contributed by atoms with E-state index in [0.29, 0.717) is 22.3 Å². The number of benzene rings is 3. The quantitative estimate of drug-likeness (QED) is 0.176. The number of nitriles is 2. The topological polar surface area (TPSA) is 73.9 Å². The highest BCUT2D eigenvalue weighted by molar-refractivity contribution is 7.99. The number of hydrogen-bond donors (Lipinski definition) is 0. The Hall–Kier alpha value is -3.24. The standard InChI is InChI=1S/C38H37FIN2O2S/c1-37(2,31-10-8-12-34(40)29(31)23-42)25-16-19-32(38(3,4)30-9-7-11-33(39)28(30)22-41)27(21-25)36(43)24-14-17-26(18-15-24)45-35-13-5-6-20-44-35/h7-12,14-19,21,29,34-35,40H,5-6,13,20H2,1-4H3/q+1.